The highest BCUT2D eigenvalue weighted by atomic mass is 32.2. The lowest BCUT2D eigenvalue weighted by atomic mass is 10.0. The summed E-state index contributed by atoms with van der Waals surface area (Å²) >= 11 is 1.78. The van der Waals surface area contributed by atoms with Gasteiger partial charge in [0.25, 0.3) is 0 Å². The lowest BCUT2D eigenvalue weighted by Gasteiger charge is -2.22. The molecule has 1 fully saturated rings. The van der Waals surface area contributed by atoms with Gasteiger partial charge in [-0.15, -0.1) is 0 Å². The Kier molecular flexibility index (Phi) is 3.95. The van der Waals surface area contributed by atoms with E-state index in [4.69, 9.17) is 9.15 Å². The molecule has 1 aromatic rings. The van der Waals surface area contributed by atoms with E-state index in [1.807, 2.05) is 0 Å². The van der Waals surface area contributed by atoms with Crippen LogP contribution in [0.3, 0.4) is 0 Å². The van der Waals surface area contributed by atoms with Gasteiger partial charge in [0.1, 0.15) is 11.5 Å². The van der Waals surface area contributed by atoms with E-state index < -0.39 is 0 Å². The molecular weight excluding hydrogens is 222 g/mol. The van der Waals surface area contributed by atoms with Crippen molar-refractivity contribution in [3.05, 3.63) is 23.7 Å². The second kappa shape index (κ2) is 5.25. The van der Waals surface area contributed by atoms with Crippen LogP contribution in [0.25, 0.3) is 0 Å². The number of furan rings is 1. The highest BCUT2D eigenvalue weighted by Gasteiger charge is 2.28. The maximum Gasteiger partial charge on any atom is 0.118 e. The van der Waals surface area contributed by atoms with Gasteiger partial charge in [-0.2, -0.15) is 11.8 Å². The fourth-order valence-electron chi connectivity index (χ4n) is 1.84. The van der Waals surface area contributed by atoms with Gasteiger partial charge in [-0.1, -0.05) is 0 Å². The zero-order chi connectivity index (χ0) is 11.4. The van der Waals surface area contributed by atoms with E-state index in [0.717, 1.165) is 43.5 Å². The van der Waals surface area contributed by atoms with Gasteiger partial charge in [-0.25, -0.2) is 0 Å². The largest absolute Gasteiger partial charge is 0.464 e. The fraction of sp³-hybridized carbons (Fsp3) is 0.667. The van der Waals surface area contributed by atoms with Gasteiger partial charge in [0.05, 0.1) is 18.9 Å². The van der Waals surface area contributed by atoms with Gasteiger partial charge >= 0.3 is 0 Å². The lowest BCUT2D eigenvalue weighted by molar-refractivity contribution is 0.170. The molecule has 1 aromatic heterocycles. The van der Waals surface area contributed by atoms with E-state index in [2.05, 4.69) is 30.6 Å². The zero-order valence-corrected chi connectivity index (χ0v) is 10.7. The van der Waals surface area contributed by atoms with Gasteiger partial charge in [0.15, 0.2) is 0 Å². The molecule has 1 atom stereocenters. The van der Waals surface area contributed by atoms with Gasteiger partial charge < -0.3 is 14.5 Å². The maximum atomic E-state index is 5.70. The van der Waals surface area contributed by atoms with Crippen molar-refractivity contribution in [3.8, 4) is 0 Å². The van der Waals surface area contributed by atoms with Crippen LogP contribution in [-0.2, 0) is 17.0 Å². The first-order valence-corrected chi connectivity index (χ1v) is 7.00. The van der Waals surface area contributed by atoms with Crippen molar-refractivity contribution in [3.63, 3.8) is 0 Å². The smallest absolute Gasteiger partial charge is 0.118 e. The molecule has 0 aliphatic carbocycles. The first-order chi connectivity index (χ1) is 7.72. The summed E-state index contributed by atoms with van der Waals surface area (Å²) in [5.74, 6) is 3.01. The number of hydrogen-bond donors (Lipinski definition) is 1. The fourth-order valence-corrected chi connectivity index (χ4v) is 2.28. The quantitative estimate of drug-likeness (QED) is 0.858. The van der Waals surface area contributed by atoms with Crippen molar-refractivity contribution in [1.29, 1.82) is 0 Å². The molecule has 3 nitrogen and oxygen atoms in total. The van der Waals surface area contributed by atoms with Gasteiger partial charge in [-0.3, -0.25) is 0 Å². The molecule has 2 heterocycles. The Morgan fingerprint density at radius 3 is 2.94 bits per heavy atom. The van der Waals surface area contributed by atoms with E-state index >= 15 is 0 Å². The van der Waals surface area contributed by atoms with Crippen molar-refractivity contribution >= 4 is 11.8 Å². The number of nitrogens with one attached hydrogen (secondary N) is 1. The molecular formula is C12H19NO2S. The normalized spacial score (nSPS) is 25.1. The number of hydrogen-bond acceptors (Lipinski definition) is 4. The molecule has 1 aliphatic rings. The minimum absolute atomic E-state index is 0.118. The summed E-state index contributed by atoms with van der Waals surface area (Å²) in [6.07, 6.45) is 3.16. The van der Waals surface area contributed by atoms with Crippen LogP contribution in [0.15, 0.2) is 16.5 Å². The molecule has 1 saturated heterocycles. The summed E-state index contributed by atoms with van der Waals surface area (Å²) in [6, 6.07) is 4.11. The maximum absolute atomic E-state index is 5.70. The Morgan fingerprint density at radius 1 is 1.44 bits per heavy atom. The Morgan fingerprint density at radius 2 is 2.25 bits per heavy atom. The van der Waals surface area contributed by atoms with Crippen molar-refractivity contribution in [2.45, 2.75) is 31.2 Å². The van der Waals surface area contributed by atoms with Crippen LogP contribution in [0.4, 0.5) is 0 Å². The van der Waals surface area contributed by atoms with Gasteiger partial charge in [-0.05, 0) is 31.7 Å². The van der Waals surface area contributed by atoms with Crippen LogP contribution in [0.2, 0.25) is 0 Å². The molecule has 0 spiro atoms. The Labute approximate surface area is 101 Å². The highest BCUT2D eigenvalue weighted by molar-refractivity contribution is 7.97. The molecule has 0 amide bonds. The monoisotopic (exact) mass is 241 g/mol. The zero-order valence-electron chi connectivity index (χ0n) is 9.91. The molecule has 2 rings (SSSR count). The van der Waals surface area contributed by atoms with E-state index in [1.54, 1.807) is 11.8 Å². The van der Waals surface area contributed by atoms with E-state index in [0.29, 0.717) is 0 Å². The minimum atomic E-state index is 0.118. The van der Waals surface area contributed by atoms with Crippen LogP contribution in [-0.4, -0.2) is 25.0 Å². The second-order valence-electron chi connectivity index (χ2n) is 4.52. The van der Waals surface area contributed by atoms with Crippen molar-refractivity contribution < 1.29 is 9.15 Å². The SMILES string of the molecule is CSCc1ccc(CNC2(C)CCOC2)o1. The molecule has 0 aromatic carbocycles. The lowest BCUT2D eigenvalue weighted by Crippen LogP contribution is -2.42. The summed E-state index contributed by atoms with van der Waals surface area (Å²) in [5.41, 5.74) is 0.118. The Hall–Kier alpha value is -0.450. The molecule has 0 radical (unpaired) electrons. The first kappa shape index (κ1) is 12.0. The summed E-state index contributed by atoms with van der Waals surface area (Å²) in [4.78, 5) is 0. The predicted molar refractivity (Wildman–Crippen MR) is 66.6 cm³/mol. The predicted octanol–water partition coefficient (Wildman–Crippen LogP) is 2.41. The van der Waals surface area contributed by atoms with E-state index in [9.17, 15) is 0 Å². The molecule has 1 aliphatic heterocycles. The topological polar surface area (TPSA) is 34.4 Å². The summed E-state index contributed by atoms with van der Waals surface area (Å²) in [5, 5.41) is 3.50. The van der Waals surface area contributed by atoms with Gasteiger partial charge in [0.2, 0.25) is 0 Å². The van der Waals surface area contributed by atoms with Crippen molar-refractivity contribution in [2.75, 3.05) is 19.5 Å². The summed E-state index contributed by atoms with van der Waals surface area (Å²) in [6.45, 7) is 4.64. The third-order valence-corrected chi connectivity index (χ3v) is 3.49. The van der Waals surface area contributed by atoms with Crippen LogP contribution >= 0.6 is 11.8 Å². The molecule has 1 N–H and O–H groups in total. The third-order valence-electron chi connectivity index (χ3n) is 2.91. The summed E-state index contributed by atoms with van der Waals surface area (Å²) < 4.78 is 11.1. The highest BCUT2D eigenvalue weighted by Crippen LogP contribution is 2.19. The average Bonchev–Trinajstić information content (AvgIpc) is 2.86. The third kappa shape index (κ3) is 3.03. The standard InChI is InChI=1S/C12H19NO2S/c1-12(5-6-14-9-12)13-7-10-3-4-11(15-10)8-16-2/h3-4,13H,5-9H2,1-2H3. The molecule has 16 heavy (non-hydrogen) atoms. The second-order valence-corrected chi connectivity index (χ2v) is 5.38. The van der Waals surface area contributed by atoms with Crippen LogP contribution < -0.4 is 5.32 Å². The summed E-state index contributed by atoms with van der Waals surface area (Å²) in [7, 11) is 0. The first-order valence-electron chi connectivity index (χ1n) is 5.61. The number of thioether (sulfide) groups is 1. The molecule has 0 saturated carbocycles. The minimum Gasteiger partial charge on any atom is -0.464 e. The number of ether oxygens (including phenoxy) is 1. The molecule has 0 bridgehead atoms. The Bertz CT molecular complexity index is 332. The average molecular weight is 241 g/mol. The van der Waals surface area contributed by atoms with Crippen LogP contribution in [0.5, 0.6) is 0 Å². The molecule has 4 heteroatoms. The molecule has 1 unspecified atom stereocenters. The van der Waals surface area contributed by atoms with Gasteiger partial charge in [0, 0.05) is 12.1 Å². The van der Waals surface area contributed by atoms with E-state index in [1.165, 1.54) is 0 Å². The Balaban J connectivity index is 1.84. The van der Waals surface area contributed by atoms with Crippen molar-refractivity contribution in [2.24, 2.45) is 0 Å². The van der Waals surface area contributed by atoms with E-state index in [-0.39, 0.29) is 5.54 Å². The van der Waals surface area contributed by atoms with Crippen LogP contribution in [0.1, 0.15) is 24.9 Å². The number of rotatable bonds is 5. The van der Waals surface area contributed by atoms with Crippen molar-refractivity contribution in [1.82, 2.24) is 5.32 Å². The van der Waals surface area contributed by atoms with Crippen LogP contribution in [0, 0.1) is 0 Å². The molecule has 90 valence electrons.